The summed E-state index contributed by atoms with van der Waals surface area (Å²) in [7, 11) is 0. The molecular formula is C13H17NO. The van der Waals surface area contributed by atoms with Gasteiger partial charge in [-0.2, -0.15) is 0 Å². The van der Waals surface area contributed by atoms with Gasteiger partial charge in [0.2, 0.25) is 0 Å². The molecule has 2 nitrogen and oxygen atoms in total. The van der Waals surface area contributed by atoms with Crippen LogP contribution in [0.4, 0.5) is 0 Å². The molecule has 0 aliphatic carbocycles. The van der Waals surface area contributed by atoms with Crippen LogP contribution in [0.5, 0.6) is 0 Å². The molecule has 2 atom stereocenters. The summed E-state index contributed by atoms with van der Waals surface area (Å²) in [5, 5.41) is 3.28. The molecule has 2 rings (SSSR count). The molecule has 2 heteroatoms. The maximum atomic E-state index is 11.5. The lowest BCUT2D eigenvalue weighted by atomic mass is 9.87. The first-order valence-electron chi connectivity index (χ1n) is 5.49. The van der Waals surface area contributed by atoms with Crippen molar-refractivity contribution >= 4 is 5.78 Å². The highest BCUT2D eigenvalue weighted by Gasteiger charge is 2.31. The first kappa shape index (κ1) is 10.4. The van der Waals surface area contributed by atoms with Crippen LogP contribution >= 0.6 is 0 Å². The summed E-state index contributed by atoms with van der Waals surface area (Å²) in [6, 6.07) is 8.38. The molecule has 0 unspecified atom stereocenters. The minimum atomic E-state index is 0.0195. The molecule has 1 heterocycles. The zero-order chi connectivity index (χ0) is 10.8. The Morgan fingerprint density at radius 1 is 1.40 bits per heavy atom. The van der Waals surface area contributed by atoms with Crippen LogP contribution in [-0.2, 0) is 4.79 Å². The molecule has 0 amide bonds. The van der Waals surface area contributed by atoms with Crippen LogP contribution < -0.4 is 5.32 Å². The van der Waals surface area contributed by atoms with E-state index in [4.69, 9.17) is 0 Å². The quantitative estimate of drug-likeness (QED) is 0.796. The molecule has 1 aromatic rings. The lowest BCUT2D eigenvalue weighted by Gasteiger charge is -2.19. The summed E-state index contributed by atoms with van der Waals surface area (Å²) in [4.78, 5) is 11.5. The van der Waals surface area contributed by atoms with Crippen molar-refractivity contribution in [1.82, 2.24) is 5.32 Å². The molecule has 1 saturated heterocycles. The Bertz CT molecular complexity index is 373. The second-order valence-corrected chi connectivity index (χ2v) is 4.29. The van der Waals surface area contributed by atoms with Gasteiger partial charge in [0.1, 0.15) is 5.78 Å². The normalized spacial score (nSPS) is 25.5. The fourth-order valence-corrected chi connectivity index (χ4v) is 2.47. The number of hydrogen-bond donors (Lipinski definition) is 1. The van der Waals surface area contributed by atoms with E-state index in [-0.39, 0.29) is 11.8 Å². The number of nitrogens with one attached hydrogen (secondary N) is 1. The third-order valence-corrected chi connectivity index (χ3v) is 3.25. The molecule has 1 aromatic carbocycles. The number of benzene rings is 1. The number of carbonyl (C=O) groups is 1. The third kappa shape index (κ3) is 1.95. The van der Waals surface area contributed by atoms with Crippen molar-refractivity contribution in [3.63, 3.8) is 0 Å². The first-order valence-corrected chi connectivity index (χ1v) is 5.49. The van der Waals surface area contributed by atoms with Crippen LogP contribution in [0, 0.1) is 6.92 Å². The second-order valence-electron chi connectivity index (χ2n) is 4.29. The van der Waals surface area contributed by atoms with Gasteiger partial charge < -0.3 is 5.32 Å². The van der Waals surface area contributed by atoms with E-state index in [0.717, 1.165) is 13.0 Å². The maximum Gasteiger partial charge on any atom is 0.147 e. The van der Waals surface area contributed by atoms with E-state index in [1.807, 2.05) is 6.07 Å². The molecule has 80 valence electrons. The van der Waals surface area contributed by atoms with Crippen LogP contribution in [-0.4, -0.2) is 18.4 Å². The molecule has 1 fully saturated rings. The fraction of sp³-hybridized carbons (Fsp3) is 0.462. The summed E-state index contributed by atoms with van der Waals surface area (Å²) < 4.78 is 0. The monoisotopic (exact) mass is 203 g/mol. The van der Waals surface area contributed by atoms with Crippen molar-refractivity contribution in [2.75, 3.05) is 6.54 Å². The Hall–Kier alpha value is -1.15. The number of carbonyl (C=O) groups excluding carboxylic acids is 1. The Morgan fingerprint density at radius 2 is 2.13 bits per heavy atom. The highest BCUT2D eigenvalue weighted by Crippen LogP contribution is 2.30. The number of rotatable bonds is 2. The molecule has 0 spiro atoms. The van der Waals surface area contributed by atoms with Crippen molar-refractivity contribution in [2.45, 2.75) is 32.2 Å². The molecule has 0 radical (unpaired) electrons. The van der Waals surface area contributed by atoms with Gasteiger partial charge in [0.05, 0.1) is 6.04 Å². The Labute approximate surface area is 90.7 Å². The molecular weight excluding hydrogens is 186 g/mol. The standard InChI is InChI=1S/C13H17NO/c1-9-5-3-4-6-11(9)12-7-8-14-13(12)10(2)15/h3-6,12-14H,7-8H2,1-2H3/t12-,13-/m1/s1. The van der Waals surface area contributed by atoms with Crippen LogP contribution in [0.2, 0.25) is 0 Å². The maximum absolute atomic E-state index is 11.5. The smallest absolute Gasteiger partial charge is 0.147 e. The molecule has 1 N–H and O–H groups in total. The molecule has 1 aliphatic rings. The SMILES string of the molecule is CC(=O)[C@H]1NCC[C@@H]1c1ccccc1C. The largest absolute Gasteiger partial charge is 0.307 e. The van der Waals surface area contributed by atoms with Gasteiger partial charge in [-0.05, 0) is 37.9 Å². The highest BCUT2D eigenvalue weighted by molar-refractivity contribution is 5.83. The van der Waals surface area contributed by atoms with Gasteiger partial charge in [-0.1, -0.05) is 24.3 Å². The van der Waals surface area contributed by atoms with E-state index in [9.17, 15) is 4.79 Å². The number of hydrogen-bond acceptors (Lipinski definition) is 2. The highest BCUT2D eigenvalue weighted by atomic mass is 16.1. The molecule has 0 aromatic heterocycles. The number of ketones is 1. The van der Waals surface area contributed by atoms with Gasteiger partial charge in [-0.25, -0.2) is 0 Å². The first-order chi connectivity index (χ1) is 7.20. The van der Waals surface area contributed by atoms with Crippen molar-refractivity contribution in [3.05, 3.63) is 35.4 Å². The van der Waals surface area contributed by atoms with Gasteiger partial charge in [0, 0.05) is 5.92 Å². The van der Waals surface area contributed by atoms with Crippen molar-refractivity contribution < 1.29 is 4.79 Å². The molecule has 1 aliphatic heterocycles. The minimum absolute atomic E-state index is 0.0195. The average Bonchev–Trinajstić information content (AvgIpc) is 2.67. The molecule has 0 bridgehead atoms. The predicted octanol–water partition coefficient (Wildman–Crippen LogP) is 2.03. The summed E-state index contributed by atoms with van der Waals surface area (Å²) in [6.45, 7) is 4.74. The van der Waals surface area contributed by atoms with Crippen LogP contribution in [0.3, 0.4) is 0 Å². The van der Waals surface area contributed by atoms with Crippen LogP contribution in [0.15, 0.2) is 24.3 Å². The van der Waals surface area contributed by atoms with E-state index in [1.165, 1.54) is 11.1 Å². The van der Waals surface area contributed by atoms with Crippen LogP contribution in [0.1, 0.15) is 30.4 Å². The van der Waals surface area contributed by atoms with E-state index in [2.05, 4.69) is 30.4 Å². The molecule has 0 saturated carbocycles. The van der Waals surface area contributed by atoms with E-state index < -0.39 is 0 Å². The zero-order valence-corrected chi connectivity index (χ0v) is 9.29. The second kappa shape index (κ2) is 4.15. The fourth-order valence-electron chi connectivity index (χ4n) is 2.47. The summed E-state index contributed by atoms with van der Waals surface area (Å²) in [6.07, 6.45) is 1.06. The van der Waals surface area contributed by atoms with Gasteiger partial charge >= 0.3 is 0 Å². The average molecular weight is 203 g/mol. The van der Waals surface area contributed by atoms with Gasteiger partial charge in [0.15, 0.2) is 0 Å². The van der Waals surface area contributed by atoms with Crippen molar-refractivity contribution in [2.24, 2.45) is 0 Å². The number of aryl methyl sites for hydroxylation is 1. The summed E-state index contributed by atoms with van der Waals surface area (Å²) in [5.41, 5.74) is 2.61. The topological polar surface area (TPSA) is 29.1 Å². The summed E-state index contributed by atoms with van der Waals surface area (Å²) in [5.74, 6) is 0.615. The van der Waals surface area contributed by atoms with E-state index >= 15 is 0 Å². The van der Waals surface area contributed by atoms with Crippen molar-refractivity contribution in [3.8, 4) is 0 Å². The predicted molar refractivity (Wildman–Crippen MR) is 61.0 cm³/mol. The van der Waals surface area contributed by atoms with Gasteiger partial charge in [0.25, 0.3) is 0 Å². The summed E-state index contributed by atoms with van der Waals surface area (Å²) >= 11 is 0. The third-order valence-electron chi connectivity index (χ3n) is 3.25. The Kier molecular flexibility index (Phi) is 2.87. The zero-order valence-electron chi connectivity index (χ0n) is 9.29. The number of Topliss-reactive ketones (excluding diaryl/α,β-unsaturated/α-hetero) is 1. The van der Waals surface area contributed by atoms with Gasteiger partial charge in [-0.3, -0.25) is 4.79 Å². The van der Waals surface area contributed by atoms with E-state index in [0.29, 0.717) is 5.92 Å². The Morgan fingerprint density at radius 3 is 2.80 bits per heavy atom. The van der Waals surface area contributed by atoms with Crippen LogP contribution in [0.25, 0.3) is 0 Å². The minimum Gasteiger partial charge on any atom is -0.307 e. The van der Waals surface area contributed by atoms with Crippen molar-refractivity contribution in [1.29, 1.82) is 0 Å². The lowest BCUT2D eigenvalue weighted by Crippen LogP contribution is -2.33. The lowest BCUT2D eigenvalue weighted by molar-refractivity contribution is -0.118. The Balaban J connectivity index is 2.30. The van der Waals surface area contributed by atoms with E-state index in [1.54, 1.807) is 6.92 Å². The molecule has 15 heavy (non-hydrogen) atoms. The van der Waals surface area contributed by atoms with Gasteiger partial charge in [-0.15, -0.1) is 0 Å².